The van der Waals surface area contributed by atoms with E-state index in [0.717, 1.165) is 30.0 Å². The summed E-state index contributed by atoms with van der Waals surface area (Å²) < 4.78 is 0. The smallest absolute Gasteiger partial charge is 0.323 e. The fourth-order valence-electron chi connectivity index (χ4n) is 3.97. The first-order valence-corrected chi connectivity index (χ1v) is 9.78. The third-order valence-corrected chi connectivity index (χ3v) is 5.66. The Kier molecular flexibility index (Phi) is 5.00. The van der Waals surface area contributed by atoms with Crippen LogP contribution in [0.5, 0.6) is 0 Å². The highest BCUT2D eigenvalue weighted by molar-refractivity contribution is 6.11. The molecule has 0 radical (unpaired) electrons. The molecule has 1 spiro atoms. The zero-order valence-electron chi connectivity index (χ0n) is 16.3. The van der Waals surface area contributed by atoms with Crippen molar-refractivity contribution in [1.29, 1.82) is 0 Å². The second kappa shape index (κ2) is 7.62. The Morgan fingerprint density at radius 3 is 2.52 bits per heavy atom. The van der Waals surface area contributed by atoms with Gasteiger partial charge in [0.05, 0.1) is 6.54 Å². The van der Waals surface area contributed by atoms with E-state index in [-0.39, 0.29) is 18.2 Å². The maximum absolute atomic E-state index is 12.8. The minimum atomic E-state index is -0.816. The standard InChI is InChI=1S/C21H23N5O3/c1-25(17-7-3-6-12-22-17)18-9-8-15(13-23-18)16(27)14-26-19(28)21(24-20(26)29)10-4-2-5-11-21/h3,6-9,12-13H,2,4-5,10-11,14H2,1H3,(H,24,29). The lowest BCUT2D eigenvalue weighted by atomic mass is 9.82. The summed E-state index contributed by atoms with van der Waals surface area (Å²) >= 11 is 0. The van der Waals surface area contributed by atoms with Crippen molar-refractivity contribution < 1.29 is 14.4 Å². The molecule has 4 rings (SSSR count). The number of pyridine rings is 2. The van der Waals surface area contributed by atoms with Crippen LogP contribution in [0.4, 0.5) is 16.4 Å². The summed E-state index contributed by atoms with van der Waals surface area (Å²) in [7, 11) is 1.84. The summed E-state index contributed by atoms with van der Waals surface area (Å²) in [6.45, 7) is -0.274. The Morgan fingerprint density at radius 1 is 1.10 bits per heavy atom. The van der Waals surface area contributed by atoms with Gasteiger partial charge in [0.25, 0.3) is 5.91 Å². The van der Waals surface area contributed by atoms with E-state index in [2.05, 4.69) is 15.3 Å². The normalized spacial score (nSPS) is 18.0. The van der Waals surface area contributed by atoms with Gasteiger partial charge in [0, 0.05) is 25.0 Å². The molecule has 0 unspecified atom stereocenters. The SMILES string of the molecule is CN(c1ccccn1)c1ccc(C(=O)CN2C(=O)NC3(CCCCC3)C2=O)cn1. The molecule has 29 heavy (non-hydrogen) atoms. The van der Waals surface area contributed by atoms with Crippen LogP contribution in [-0.4, -0.2) is 51.7 Å². The van der Waals surface area contributed by atoms with Crippen LogP contribution in [0.1, 0.15) is 42.5 Å². The van der Waals surface area contributed by atoms with Crippen LogP contribution in [0, 0.1) is 0 Å². The number of hydrogen-bond acceptors (Lipinski definition) is 6. The average molecular weight is 393 g/mol. The first-order chi connectivity index (χ1) is 14.0. The van der Waals surface area contributed by atoms with Gasteiger partial charge in [-0.1, -0.05) is 25.3 Å². The highest BCUT2D eigenvalue weighted by Crippen LogP contribution is 2.33. The Balaban J connectivity index is 1.45. The van der Waals surface area contributed by atoms with Crippen LogP contribution in [0.15, 0.2) is 42.7 Å². The van der Waals surface area contributed by atoms with Crippen LogP contribution >= 0.6 is 0 Å². The quantitative estimate of drug-likeness (QED) is 0.620. The van der Waals surface area contributed by atoms with E-state index in [1.807, 2.05) is 25.2 Å². The third-order valence-electron chi connectivity index (χ3n) is 5.66. The van der Waals surface area contributed by atoms with Gasteiger partial charge in [-0.3, -0.25) is 14.5 Å². The van der Waals surface area contributed by atoms with Gasteiger partial charge in [-0.25, -0.2) is 14.8 Å². The van der Waals surface area contributed by atoms with Crippen LogP contribution in [0.3, 0.4) is 0 Å². The Bertz CT molecular complexity index is 923. The molecule has 0 bridgehead atoms. The zero-order chi connectivity index (χ0) is 20.4. The van der Waals surface area contributed by atoms with Crippen molar-refractivity contribution in [2.45, 2.75) is 37.6 Å². The Morgan fingerprint density at radius 2 is 1.86 bits per heavy atom. The number of imide groups is 1. The number of nitrogens with one attached hydrogen (secondary N) is 1. The number of carbonyl (C=O) groups is 3. The van der Waals surface area contributed by atoms with E-state index in [1.54, 1.807) is 23.2 Å². The van der Waals surface area contributed by atoms with Gasteiger partial charge in [-0.2, -0.15) is 0 Å². The predicted octanol–water partition coefficient (Wildman–Crippen LogP) is 2.68. The summed E-state index contributed by atoms with van der Waals surface area (Å²) in [4.78, 5) is 49.3. The highest BCUT2D eigenvalue weighted by Gasteiger charge is 2.51. The number of nitrogens with zero attached hydrogens (tertiary/aromatic N) is 4. The number of carbonyl (C=O) groups excluding carboxylic acids is 3. The van der Waals surface area contributed by atoms with Gasteiger partial charge in [0.1, 0.15) is 17.2 Å². The molecule has 2 aromatic rings. The number of anilines is 2. The lowest BCUT2D eigenvalue weighted by Gasteiger charge is -2.30. The molecule has 1 saturated carbocycles. The van der Waals surface area contributed by atoms with Crippen molar-refractivity contribution in [1.82, 2.24) is 20.2 Å². The molecule has 2 aliphatic rings. The molecule has 8 heteroatoms. The van der Waals surface area contributed by atoms with Crippen LogP contribution < -0.4 is 10.2 Å². The number of rotatable bonds is 5. The second-order valence-corrected chi connectivity index (χ2v) is 7.54. The molecule has 1 N–H and O–H groups in total. The maximum Gasteiger partial charge on any atom is 0.325 e. The fraction of sp³-hybridized carbons (Fsp3) is 0.381. The number of aromatic nitrogens is 2. The fourth-order valence-corrected chi connectivity index (χ4v) is 3.97. The van der Waals surface area contributed by atoms with E-state index in [1.165, 1.54) is 6.20 Å². The summed E-state index contributed by atoms with van der Waals surface area (Å²) in [5.41, 5.74) is -0.461. The zero-order valence-corrected chi connectivity index (χ0v) is 16.3. The predicted molar refractivity (Wildman–Crippen MR) is 107 cm³/mol. The molecule has 0 atom stereocenters. The average Bonchev–Trinajstić information content (AvgIpc) is 2.98. The van der Waals surface area contributed by atoms with Gasteiger partial charge < -0.3 is 10.2 Å². The van der Waals surface area contributed by atoms with E-state index >= 15 is 0 Å². The van der Waals surface area contributed by atoms with Gasteiger partial charge in [0.2, 0.25) is 0 Å². The molecule has 150 valence electrons. The number of amides is 3. The van der Waals surface area contributed by atoms with Gasteiger partial charge in [-0.15, -0.1) is 0 Å². The topological polar surface area (TPSA) is 95.5 Å². The van der Waals surface area contributed by atoms with E-state index in [9.17, 15) is 14.4 Å². The number of ketones is 1. The van der Waals surface area contributed by atoms with E-state index in [0.29, 0.717) is 24.2 Å². The van der Waals surface area contributed by atoms with Crippen molar-refractivity contribution in [3.8, 4) is 0 Å². The van der Waals surface area contributed by atoms with Crippen molar-refractivity contribution in [2.75, 3.05) is 18.5 Å². The molecular weight excluding hydrogens is 370 g/mol. The van der Waals surface area contributed by atoms with E-state index < -0.39 is 11.6 Å². The maximum atomic E-state index is 12.8. The molecule has 8 nitrogen and oxygen atoms in total. The molecule has 3 heterocycles. The van der Waals surface area contributed by atoms with Crippen LogP contribution in [0.2, 0.25) is 0 Å². The minimum Gasteiger partial charge on any atom is -0.323 e. The van der Waals surface area contributed by atoms with Crippen molar-refractivity contribution >= 4 is 29.4 Å². The van der Waals surface area contributed by atoms with Gasteiger partial charge in [-0.05, 0) is 37.1 Å². The monoisotopic (exact) mass is 393 g/mol. The molecule has 1 aliphatic heterocycles. The molecular formula is C21H23N5O3. The second-order valence-electron chi connectivity index (χ2n) is 7.54. The van der Waals surface area contributed by atoms with Crippen LogP contribution in [-0.2, 0) is 4.79 Å². The van der Waals surface area contributed by atoms with Gasteiger partial charge >= 0.3 is 6.03 Å². The molecule has 2 fully saturated rings. The Labute approximate surface area is 168 Å². The first kappa shape index (κ1) is 19.0. The summed E-state index contributed by atoms with van der Waals surface area (Å²) in [6.07, 6.45) is 7.31. The Hall–Kier alpha value is -3.29. The lowest BCUT2D eigenvalue weighted by molar-refractivity contribution is -0.132. The number of hydrogen-bond donors (Lipinski definition) is 1. The van der Waals surface area contributed by atoms with Gasteiger partial charge in [0.15, 0.2) is 5.78 Å². The van der Waals surface area contributed by atoms with Crippen molar-refractivity contribution in [3.63, 3.8) is 0 Å². The number of Topliss-reactive ketones (excluding diaryl/α,β-unsaturated/α-hetero) is 1. The van der Waals surface area contributed by atoms with Crippen molar-refractivity contribution in [3.05, 3.63) is 48.3 Å². The minimum absolute atomic E-state index is 0.274. The molecule has 1 saturated heterocycles. The molecule has 0 aromatic carbocycles. The molecule has 3 amide bonds. The third kappa shape index (κ3) is 3.57. The largest absolute Gasteiger partial charge is 0.325 e. The summed E-state index contributed by atoms with van der Waals surface area (Å²) in [5, 5.41) is 2.82. The highest BCUT2D eigenvalue weighted by atomic mass is 16.2. The molecule has 2 aromatic heterocycles. The van der Waals surface area contributed by atoms with Crippen LogP contribution in [0.25, 0.3) is 0 Å². The number of urea groups is 1. The summed E-state index contributed by atoms with van der Waals surface area (Å²) in [5.74, 6) is 0.767. The lowest BCUT2D eigenvalue weighted by Crippen LogP contribution is -2.48. The first-order valence-electron chi connectivity index (χ1n) is 9.78. The summed E-state index contributed by atoms with van der Waals surface area (Å²) in [6, 6.07) is 8.47. The molecule has 1 aliphatic carbocycles. The van der Waals surface area contributed by atoms with E-state index in [4.69, 9.17) is 0 Å². The van der Waals surface area contributed by atoms with Crippen molar-refractivity contribution in [2.24, 2.45) is 0 Å².